The normalized spacial score (nSPS) is 11.9. The lowest BCUT2D eigenvalue weighted by Gasteiger charge is -2.08. The molecule has 2 aromatic rings. The average molecular weight is 271 g/mol. The molecule has 0 saturated heterocycles. The summed E-state index contributed by atoms with van der Waals surface area (Å²) in [4.78, 5) is 16.8. The number of aromatic nitrogens is 2. The maximum atomic E-state index is 12.1. The average Bonchev–Trinajstić information content (AvgIpc) is 2.38. The lowest BCUT2D eigenvalue weighted by Crippen LogP contribution is -2.37. The van der Waals surface area contributed by atoms with Crippen molar-refractivity contribution in [3.8, 4) is 0 Å². The van der Waals surface area contributed by atoms with Crippen LogP contribution in [0.5, 0.6) is 0 Å². The van der Waals surface area contributed by atoms with Gasteiger partial charge in [0.15, 0.2) is 0 Å². The van der Waals surface area contributed by atoms with Gasteiger partial charge in [0.1, 0.15) is 5.49 Å². The van der Waals surface area contributed by atoms with Gasteiger partial charge in [-0.25, -0.2) is 9.79 Å². The summed E-state index contributed by atoms with van der Waals surface area (Å²) < 4.78 is 3.25. The molecule has 0 unspecified atom stereocenters. The summed E-state index contributed by atoms with van der Waals surface area (Å²) in [7, 11) is 1.76. The van der Waals surface area contributed by atoms with Gasteiger partial charge in [0.2, 0.25) is 0 Å². The largest absolute Gasteiger partial charge is 0.329 e. The molecule has 0 bridgehead atoms. The van der Waals surface area contributed by atoms with E-state index < -0.39 is 0 Å². The third kappa shape index (κ3) is 2.59. The Labute approximate surface area is 119 Å². The highest BCUT2D eigenvalue weighted by Gasteiger charge is 2.04. The minimum atomic E-state index is -0.0452. The van der Waals surface area contributed by atoms with Crippen LogP contribution in [-0.2, 0) is 13.6 Å². The standard InChI is InChI=1S/C16H21N3O/c1-6-19-8-7-14(18(5)16(19)20)17-15-12(3)9-11(2)10-13(15)4/h7-10H,6H2,1-5H3. The molecule has 20 heavy (non-hydrogen) atoms. The Kier molecular flexibility index (Phi) is 3.93. The predicted molar refractivity (Wildman–Crippen MR) is 81.2 cm³/mol. The molecular weight excluding hydrogens is 250 g/mol. The molecule has 2 rings (SSSR count). The Balaban J connectivity index is 2.69. The summed E-state index contributed by atoms with van der Waals surface area (Å²) in [6.07, 6.45) is 1.79. The van der Waals surface area contributed by atoms with E-state index >= 15 is 0 Å². The van der Waals surface area contributed by atoms with Gasteiger partial charge in [-0.3, -0.25) is 4.57 Å². The predicted octanol–water partition coefficient (Wildman–Crippen LogP) is 2.36. The molecule has 4 heteroatoms. The molecule has 106 valence electrons. The van der Waals surface area contributed by atoms with Crippen LogP contribution in [0.3, 0.4) is 0 Å². The van der Waals surface area contributed by atoms with Gasteiger partial charge >= 0.3 is 5.69 Å². The molecule has 0 N–H and O–H groups in total. The van der Waals surface area contributed by atoms with E-state index in [1.807, 2.05) is 26.8 Å². The Morgan fingerprint density at radius 1 is 1.15 bits per heavy atom. The number of hydrogen-bond donors (Lipinski definition) is 0. The molecule has 0 aliphatic heterocycles. The minimum Gasteiger partial charge on any atom is -0.301 e. The second kappa shape index (κ2) is 5.49. The monoisotopic (exact) mass is 271 g/mol. The van der Waals surface area contributed by atoms with E-state index in [0.29, 0.717) is 12.0 Å². The van der Waals surface area contributed by atoms with Crippen molar-refractivity contribution < 1.29 is 0 Å². The Bertz CT molecular complexity index is 743. The van der Waals surface area contributed by atoms with Crippen molar-refractivity contribution in [3.63, 3.8) is 0 Å². The van der Waals surface area contributed by atoms with Crippen LogP contribution in [0.4, 0.5) is 5.69 Å². The first kappa shape index (κ1) is 14.3. The van der Waals surface area contributed by atoms with Crippen LogP contribution in [0.25, 0.3) is 0 Å². The lowest BCUT2D eigenvalue weighted by molar-refractivity contribution is 0.623. The molecule has 0 aliphatic rings. The van der Waals surface area contributed by atoms with Crippen molar-refractivity contribution in [3.05, 3.63) is 57.1 Å². The van der Waals surface area contributed by atoms with Crippen LogP contribution >= 0.6 is 0 Å². The zero-order chi connectivity index (χ0) is 14.9. The van der Waals surface area contributed by atoms with Crippen LogP contribution < -0.4 is 11.2 Å². The van der Waals surface area contributed by atoms with E-state index in [1.165, 1.54) is 5.56 Å². The van der Waals surface area contributed by atoms with Gasteiger partial charge in [-0.05, 0) is 44.9 Å². The third-order valence-electron chi connectivity index (χ3n) is 3.48. The molecule has 1 aromatic heterocycles. The highest BCUT2D eigenvalue weighted by molar-refractivity contribution is 5.53. The van der Waals surface area contributed by atoms with Gasteiger partial charge in [0, 0.05) is 19.8 Å². The number of nitrogens with zero attached hydrogens (tertiary/aromatic N) is 3. The molecule has 0 saturated carbocycles. The van der Waals surface area contributed by atoms with Gasteiger partial charge in [0.25, 0.3) is 0 Å². The lowest BCUT2D eigenvalue weighted by atomic mass is 10.1. The van der Waals surface area contributed by atoms with E-state index in [9.17, 15) is 4.79 Å². The molecule has 0 radical (unpaired) electrons. The van der Waals surface area contributed by atoms with Crippen LogP contribution in [0.15, 0.2) is 34.2 Å². The first-order valence-electron chi connectivity index (χ1n) is 6.83. The first-order valence-corrected chi connectivity index (χ1v) is 6.83. The quantitative estimate of drug-likeness (QED) is 0.826. The van der Waals surface area contributed by atoms with Crippen molar-refractivity contribution in [1.82, 2.24) is 9.13 Å². The zero-order valence-corrected chi connectivity index (χ0v) is 12.8. The maximum Gasteiger partial charge on any atom is 0.329 e. The summed E-state index contributed by atoms with van der Waals surface area (Å²) in [5, 5.41) is 0. The Hall–Kier alpha value is -2.10. The smallest absolute Gasteiger partial charge is 0.301 e. The van der Waals surface area contributed by atoms with Crippen molar-refractivity contribution in [2.45, 2.75) is 34.2 Å². The van der Waals surface area contributed by atoms with E-state index in [1.54, 1.807) is 22.4 Å². The van der Waals surface area contributed by atoms with Gasteiger partial charge in [-0.1, -0.05) is 17.7 Å². The van der Waals surface area contributed by atoms with Gasteiger partial charge in [-0.2, -0.15) is 0 Å². The van der Waals surface area contributed by atoms with Crippen LogP contribution in [-0.4, -0.2) is 9.13 Å². The van der Waals surface area contributed by atoms with Crippen LogP contribution in [0, 0.1) is 20.8 Å². The number of aryl methyl sites for hydroxylation is 4. The first-order chi connectivity index (χ1) is 9.43. The van der Waals surface area contributed by atoms with Gasteiger partial charge < -0.3 is 4.57 Å². The topological polar surface area (TPSA) is 39.3 Å². The second-order valence-corrected chi connectivity index (χ2v) is 5.16. The van der Waals surface area contributed by atoms with Gasteiger partial charge in [-0.15, -0.1) is 0 Å². The van der Waals surface area contributed by atoms with E-state index in [4.69, 9.17) is 0 Å². The number of hydrogen-bond acceptors (Lipinski definition) is 2. The van der Waals surface area contributed by atoms with Crippen LogP contribution in [0.1, 0.15) is 23.6 Å². The van der Waals surface area contributed by atoms with Crippen molar-refractivity contribution in [2.75, 3.05) is 0 Å². The number of rotatable bonds is 2. The molecule has 0 atom stereocenters. The van der Waals surface area contributed by atoms with E-state index in [2.05, 4.69) is 24.0 Å². The van der Waals surface area contributed by atoms with Gasteiger partial charge in [0.05, 0.1) is 5.69 Å². The van der Waals surface area contributed by atoms with Crippen molar-refractivity contribution in [1.29, 1.82) is 0 Å². The summed E-state index contributed by atoms with van der Waals surface area (Å²) in [6.45, 7) is 8.78. The molecule has 4 nitrogen and oxygen atoms in total. The van der Waals surface area contributed by atoms with Crippen LogP contribution in [0.2, 0.25) is 0 Å². The molecule has 1 aromatic carbocycles. The molecule has 0 fully saturated rings. The summed E-state index contributed by atoms with van der Waals surface area (Å²) in [5.41, 5.74) is 5.06. The molecule has 1 heterocycles. The van der Waals surface area contributed by atoms with E-state index in [-0.39, 0.29) is 5.69 Å². The zero-order valence-electron chi connectivity index (χ0n) is 12.8. The molecule has 0 aliphatic carbocycles. The third-order valence-corrected chi connectivity index (χ3v) is 3.48. The Morgan fingerprint density at radius 2 is 1.75 bits per heavy atom. The summed E-state index contributed by atoms with van der Waals surface area (Å²) in [6, 6.07) is 6.10. The summed E-state index contributed by atoms with van der Waals surface area (Å²) >= 11 is 0. The Morgan fingerprint density at radius 3 is 2.30 bits per heavy atom. The fourth-order valence-electron chi connectivity index (χ4n) is 2.44. The highest BCUT2D eigenvalue weighted by Crippen LogP contribution is 2.24. The fraction of sp³-hybridized carbons (Fsp3) is 0.375. The number of benzene rings is 1. The molecule has 0 amide bonds. The minimum absolute atomic E-state index is 0.0452. The SMILES string of the molecule is CCn1ccc(=Nc2c(C)cc(C)cc2C)n(C)c1=O. The summed E-state index contributed by atoms with van der Waals surface area (Å²) in [5.74, 6) is 0. The van der Waals surface area contributed by atoms with E-state index in [0.717, 1.165) is 16.8 Å². The molecule has 0 spiro atoms. The van der Waals surface area contributed by atoms with Crippen molar-refractivity contribution >= 4 is 5.69 Å². The maximum absolute atomic E-state index is 12.1. The van der Waals surface area contributed by atoms with Crippen molar-refractivity contribution in [2.24, 2.45) is 12.0 Å². The molecular formula is C16H21N3O. The fourth-order valence-corrected chi connectivity index (χ4v) is 2.44. The second-order valence-electron chi connectivity index (χ2n) is 5.16. The highest BCUT2D eigenvalue weighted by atomic mass is 16.1.